The van der Waals surface area contributed by atoms with Crippen LogP contribution in [0.2, 0.25) is 0 Å². The third-order valence-electron chi connectivity index (χ3n) is 7.25. The summed E-state index contributed by atoms with van der Waals surface area (Å²) in [6, 6.07) is 40.0. The van der Waals surface area contributed by atoms with Gasteiger partial charge in [0.15, 0.2) is 0 Å². The average molecular weight is 1150 g/mol. The van der Waals surface area contributed by atoms with Crippen molar-refractivity contribution < 1.29 is 71.2 Å². The van der Waals surface area contributed by atoms with E-state index in [1.807, 2.05) is 121 Å². The van der Waals surface area contributed by atoms with Gasteiger partial charge in [-0.3, -0.25) is 0 Å². The van der Waals surface area contributed by atoms with Crippen LogP contribution in [0.15, 0.2) is 121 Å². The number of terminal acetylenes is 1. The molecule has 0 atom stereocenters. The van der Waals surface area contributed by atoms with E-state index in [9.17, 15) is 0 Å². The Bertz CT molecular complexity index is 3480. The molecule has 0 amide bonds. The molecule has 0 aromatic heterocycles. The van der Waals surface area contributed by atoms with E-state index in [2.05, 4.69) is 188 Å². The van der Waals surface area contributed by atoms with Crippen LogP contribution in [0.1, 0.15) is 38.0 Å². The van der Waals surface area contributed by atoms with E-state index in [1.54, 1.807) is 6.92 Å². The van der Waals surface area contributed by atoms with Gasteiger partial charge in [-0.1, -0.05) is 135 Å². The van der Waals surface area contributed by atoms with Crippen molar-refractivity contribution in [3.8, 4) is 190 Å². The molecule has 0 bridgehead atoms. The second-order valence-electron chi connectivity index (χ2n) is 13.5. The molecule has 0 saturated carbocycles. The molecule has 0 aliphatic rings. The second kappa shape index (κ2) is 45.2. The van der Waals surface area contributed by atoms with Gasteiger partial charge < -0.3 is 69.8 Å². The van der Waals surface area contributed by atoms with Gasteiger partial charge in [-0.2, -0.15) is 0 Å². The van der Waals surface area contributed by atoms with Crippen molar-refractivity contribution >= 4 is 36.2 Å². The van der Waals surface area contributed by atoms with Gasteiger partial charge in [-0.05, 0) is 124 Å². The first kappa shape index (κ1) is 71.1. The van der Waals surface area contributed by atoms with Gasteiger partial charge in [-0.25, -0.2) is 0 Å². The van der Waals surface area contributed by atoms with Crippen molar-refractivity contribution in [2.75, 3.05) is 0 Å². The van der Waals surface area contributed by atoms with Crippen molar-refractivity contribution in [2.45, 2.75) is 40.8 Å². The van der Waals surface area contributed by atoms with Crippen LogP contribution in [0.5, 0.6) is 0 Å². The van der Waals surface area contributed by atoms with E-state index in [-0.39, 0.29) is 8.85 Å². The van der Waals surface area contributed by atoms with Gasteiger partial charge in [0.25, 0.3) is 0 Å². The Morgan fingerprint density at radius 2 is 0.494 bits per heavy atom. The summed E-state index contributed by atoms with van der Waals surface area (Å²) >= 11 is 0. The monoisotopic (exact) mass is 1140 g/mol. The summed E-state index contributed by atoms with van der Waals surface area (Å²) in [5.74, 6) is 76.9. The van der Waals surface area contributed by atoms with Crippen LogP contribution in [-0.2, 0) is 48.2 Å². The average Bonchev–Trinajstić information content (AvgIpc) is 3.42. The fourth-order valence-electron chi connectivity index (χ4n) is 4.36. The van der Waals surface area contributed by atoms with Crippen molar-refractivity contribution in [1.29, 1.82) is 0 Å². The molecule has 15 nitrogen and oxygen atoms in total. The number of rotatable bonds is 14. The Balaban J connectivity index is 0. The quantitative estimate of drug-likeness (QED) is 0.0628. The molecular formula is C62H48O15Si4. The van der Waals surface area contributed by atoms with E-state index in [0.717, 1.165) is 22.3 Å². The summed E-state index contributed by atoms with van der Waals surface area (Å²) in [5, 5.41) is 0. The Morgan fingerprint density at radius 1 is 0.321 bits per heavy atom. The lowest BCUT2D eigenvalue weighted by Gasteiger charge is -2.28. The van der Waals surface area contributed by atoms with Gasteiger partial charge in [0.05, 0.1) is 26.4 Å². The molecule has 19 heteroatoms. The van der Waals surface area contributed by atoms with Crippen LogP contribution in [-0.4, -0.2) is 84.1 Å². The summed E-state index contributed by atoms with van der Waals surface area (Å²) in [4.78, 5) is 76.9. The van der Waals surface area contributed by atoms with Crippen molar-refractivity contribution in [3.05, 3.63) is 144 Å². The molecule has 0 aliphatic carbocycles. The lowest BCUT2D eigenvalue weighted by molar-refractivity contribution is -0.0521. The topological polar surface area (TPSA) is 248 Å². The number of benzene rings is 4. The minimum absolute atomic E-state index is 0. The van der Waals surface area contributed by atoms with Gasteiger partial charge in [0.1, 0.15) is 0 Å². The van der Waals surface area contributed by atoms with Crippen LogP contribution >= 0.6 is 0 Å². The lowest BCUT2D eigenvalue weighted by Crippen LogP contribution is -2.53. The molecule has 4 rings (SSSR count). The molecule has 402 valence electrons. The third kappa shape index (κ3) is 48.2. The third-order valence-corrected chi connectivity index (χ3v) is 11.4. The van der Waals surface area contributed by atoms with Crippen LogP contribution in [0.3, 0.4) is 0 Å². The van der Waals surface area contributed by atoms with Crippen molar-refractivity contribution in [3.63, 3.8) is 0 Å². The molecule has 10 N–H and O–H groups in total. The fraction of sp³-hybridized carbons (Fsp3) is 0.0968. The summed E-state index contributed by atoms with van der Waals surface area (Å²) < 4.78 is 28.6. The van der Waals surface area contributed by atoms with Crippen LogP contribution in [0.4, 0.5) is 0 Å². The molecular weight excluding hydrogens is 1100 g/mol. The highest BCUT2D eigenvalue weighted by Gasteiger charge is 2.47. The van der Waals surface area contributed by atoms with Crippen molar-refractivity contribution in [2.24, 2.45) is 0 Å². The first-order chi connectivity index (χ1) is 38.4. The summed E-state index contributed by atoms with van der Waals surface area (Å²) in [6.07, 6.45) is 4.92. The lowest BCUT2D eigenvalue weighted by atomic mass is 10.2. The highest BCUT2D eigenvalue weighted by atomic mass is 28.5. The largest absolute Gasteiger partial charge is 0.680 e. The van der Waals surface area contributed by atoms with E-state index in [1.165, 1.54) is 0 Å². The maximum absolute atomic E-state index is 7.94. The normalized spacial score (nSPS) is 8.52. The molecule has 0 spiro atoms. The highest BCUT2D eigenvalue weighted by molar-refractivity contribution is 6.63. The van der Waals surface area contributed by atoms with Gasteiger partial charge >= 0.3 is 36.2 Å². The van der Waals surface area contributed by atoms with E-state index in [4.69, 9.17) is 72.1 Å². The minimum atomic E-state index is -4.98. The first-order valence-electron chi connectivity index (χ1n) is 22.0. The number of hydrogen-bond acceptors (Lipinski definition) is 15. The van der Waals surface area contributed by atoms with E-state index < -0.39 is 36.2 Å². The zero-order valence-electron chi connectivity index (χ0n) is 42.0. The molecule has 0 saturated heterocycles. The summed E-state index contributed by atoms with van der Waals surface area (Å²) in [7, 11) is -18.1. The second-order valence-corrected chi connectivity index (χ2v) is 19.9. The standard InChI is InChI=1S/C33H4.C28H28O4Si.CH4.H6O7Si2.H4O4Si.H2/c1-3-5-7-9-11-13-15-17-19-21-23-25-27-29-31-33-32-30-28-26-24-22-20-18-16-14-12-10-8-6-4-2;1-5-13-25(14-6-1)21-29-33(30-22-26-15-7-2-8-16-26,31-23-27-17-9-3-10-18-27)32-24-28-19-11-4-12-20-28;;1-8(2,3)7-9(4,5)6;1-5(2,3)4;/h1H,2H3;1-20H,21-24H2;1H4;1-6H;1-4H;1H. The molecule has 0 heterocycles. The molecule has 4 aromatic rings. The molecule has 4 aromatic carbocycles. The summed E-state index contributed by atoms with van der Waals surface area (Å²) in [5.41, 5.74) is 4.13. The maximum Gasteiger partial charge on any atom is 0.680 e. The highest BCUT2D eigenvalue weighted by Crippen LogP contribution is 2.21. The molecule has 0 aliphatic heterocycles. The van der Waals surface area contributed by atoms with Crippen molar-refractivity contribution in [1.82, 2.24) is 0 Å². The smallest absolute Gasteiger partial charge is 0.368 e. The Kier molecular flexibility index (Phi) is 39.6. The van der Waals surface area contributed by atoms with Gasteiger partial charge in [-0.15, -0.1) is 6.42 Å². The molecule has 81 heavy (non-hydrogen) atoms. The predicted octanol–water partition coefficient (Wildman–Crippen LogP) is 1.08. The summed E-state index contributed by atoms with van der Waals surface area (Å²) in [6.45, 7) is 3.05. The van der Waals surface area contributed by atoms with Gasteiger partial charge in [0, 0.05) is 84.3 Å². The Labute approximate surface area is 479 Å². The number of hydrogen-bond donors (Lipinski definition) is 10. The predicted molar refractivity (Wildman–Crippen MR) is 311 cm³/mol. The SMILES string of the molecule is C.C#CC#CC#CC#CC#CC#CC#CC#CC#CC#CC#CC#CC#CC#CC#CC#CC.O[Si](O)(O)O.O[Si](O)(O)O[Si](O)(O)O.[HH].c1ccc(CO[Si](OCc2ccccc2)(OCc2ccccc2)OCc2ccccc2)cc1. The molecule has 0 fully saturated rings. The van der Waals surface area contributed by atoms with Crippen LogP contribution in [0.25, 0.3) is 0 Å². The first-order valence-corrected chi connectivity index (χ1v) is 28.9. The minimum Gasteiger partial charge on any atom is -0.368 e. The Hall–Kier alpha value is -9.89. The Morgan fingerprint density at radius 3 is 0.642 bits per heavy atom. The fourth-order valence-corrected chi connectivity index (χ4v) is 7.70. The van der Waals surface area contributed by atoms with E-state index >= 15 is 0 Å². The van der Waals surface area contributed by atoms with Crippen LogP contribution in [0, 0.1) is 190 Å². The zero-order chi connectivity index (χ0) is 58.7. The van der Waals surface area contributed by atoms with E-state index in [0.29, 0.717) is 26.4 Å². The van der Waals surface area contributed by atoms with Crippen LogP contribution < -0.4 is 0 Å². The van der Waals surface area contributed by atoms with Gasteiger partial charge in [0.2, 0.25) is 0 Å². The maximum atomic E-state index is 7.94. The zero-order valence-corrected chi connectivity index (χ0v) is 46.0. The molecule has 0 unspecified atom stereocenters. The molecule has 0 radical (unpaired) electrons.